The van der Waals surface area contributed by atoms with Crippen LogP contribution in [0.4, 0.5) is 0 Å². The van der Waals surface area contributed by atoms with Crippen molar-refractivity contribution >= 4 is 17.8 Å². The Morgan fingerprint density at radius 1 is 1.42 bits per heavy atom. The Hall–Kier alpha value is -1.39. The maximum absolute atomic E-state index is 12.1. The second kappa shape index (κ2) is 5.31. The van der Waals surface area contributed by atoms with Gasteiger partial charge in [0, 0.05) is 12.5 Å². The number of hydrogen-bond acceptors (Lipinski definition) is 4. The van der Waals surface area contributed by atoms with E-state index in [4.69, 9.17) is 4.74 Å². The molecule has 0 N–H and O–H groups in total. The van der Waals surface area contributed by atoms with E-state index in [0.29, 0.717) is 19.3 Å². The third kappa shape index (κ3) is 2.51. The van der Waals surface area contributed by atoms with E-state index < -0.39 is 11.9 Å². The van der Waals surface area contributed by atoms with Crippen molar-refractivity contribution in [3.8, 4) is 0 Å². The molecule has 5 nitrogen and oxygen atoms in total. The van der Waals surface area contributed by atoms with E-state index in [9.17, 15) is 14.4 Å². The Kier molecular flexibility index (Phi) is 3.92. The zero-order valence-corrected chi connectivity index (χ0v) is 11.7. The molecule has 0 aliphatic carbocycles. The van der Waals surface area contributed by atoms with Crippen LogP contribution in [0.25, 0.3) is 0 Å². The molecular formula is C14H21NO4. The highest BCUT2D eigenvalue weighted by molar-refractivity contribution is 6.08. The summed E-state index contributed by atoms with van der Waals surface area (Å²) in [7, 11) is 0. The third-order valence-electron chi connectivity index (χ3n) is 4.07. The van der Waals surface area contributed by atoms with Crippen LogP contribution in [-0.2, 0) is 19.1 Å². The van der Waals surface area contributed by atoms with Crippen molar-refractivity contribution in [3.63, 3.8) is 0 Å². The van der Waals surface area contributed by atoms with E-state index in [0.717, 1.165) is 6.42 Å². The Morgan fingerprint density at radius 3 is 2.63 bits per heavy atom. The van der Waals surface area contributed by atoms with Crippen molar-refractivity contribution in [2.24, 2.45) is 11.8 Å². The van der Waals surface area contributed by atoms with E-state index in [2.05, 4.69) is 0 Å². The minimum atomic E-state index is -0.776. The molecule has 2 rings (SSSR count). The van der Waals surface area contributed by atoms with Crippen molar-refractivity contribution in [2.45, 2.75) is 58.6 Å². The van der Waals surface area contributed by atoms with Gasteiger partial charge in [-0.05, 0) is 25.2 Å². The molecule has 2 fully saturated rings. The Balaban J connectivity index is 2.02. The molecule has 0 bridgehead atoms. The van der Waals surface area contributed by atoms with E-state index in [-0.39, 0.29) is 29.9 Å². The molecule has 2 saturated heterocycles. The number of esters is 1. The lowest BCUT2D eigenvalue weighted by atomic mass is 10.0. The smallest absolute Gasteiger partial charge is 0.318 e. The molecule has 0 saturated carbocycles. The number of nitrogens with zero attached hydrogens (tertiary/aromatic N) is 1. The van der Waals surface area contributed by atoms with Gasteiger partial charge in [-0.3, -0.25) is 19.3 Å². The van der Waals surface area contributed by atoms with E-state index >= 15 is 0 Å². The van der Waals surface area contributed by atoms with Gasteiger partial charge in [-0.25, -0.2) is 0 Å². The number of carbonyl (C=O) groups is 3. The standard InChI is InChI=1S/C14H21NO4/c1-4-11(8(2)3)19-14(18)10-7-9-5-6-12(16)15(9)13(10)17/h8-11H,4-7H2,1-3H3. The number of rotatable bonds is 4. The minimum absolute atomic E-state index is 0.0864. The van der Waals surface area contributed by atoms with Crippen LogP contribution in [0.3, 0.4) is 0 Å². The summed E-state index contributed by atoms with van der Waals surface area (Å²) in [6.45, 7) is 5.93. The topological polar surface area (TPSA) is 63.7 Å². The lowest BCUT2D eigenvalue weighted by Crippen LogP contribution is -2.36. The fraction of sp³-hybridized carbons (Fsp3) is 0.786. The summed E-state index contributed by atoms with van der Waals surface area (Å²) in [6, 6.07) is -0.0864. The first-order valence-corrected chi connectivity index (χ1v) is 7.02. The summed E-state index contributed by atoms with van der Waals surface area (Å²) in [6.07, 6.45) is 2.10. The van der Waals surface area contributed by atoms with Crippen LogP contribution in [0.5, 0.6) is 0 Å². The van der Waals surface area contributed by atoms with Crippen LogP contribution in [0.1, 0.15) is 46.5 Å². The van der Waals surface area contributed by atoms with Crippen LogP contribution in [0.15, 0.2) is 0 Å². The lowest BCUT2D eigenvalue weighted by molar-refractivity contribution is -0.159. The second-order valence-electron chi connectivity index (χ2n) is 5.71. The molecule has 5 heteroatoms. The SMILES string of the molecule is CCC(OC(=O)C1CC2CCC(=O)N2C1=O)C(C)C. The first kappa shape index (κ1) is 14.0. The summed E-state index contributed by atoms with van der Waals surface area (Å²) in [5.74, 6) is -1.53. The molecule has 19 heavy (non-hydrogen) atoms. The average molecular weight is 267 g/mol. The molecule has 0 spiro atoms. The maximum Gasteiger partial charge on any atom is 0.318 e. The number of ether oxygens (including phenoxy) is 1. The summed E-state index contributed by atoms with van der Waals surface area (Å²) < 4.78 is 5.42. The van der Waals surface area contributed by atoms with Gasteiger partial charge in [0.05, 0.1) is 0 Å². The molecule has 0 aromatic heterocycles. The highest BCUT2D eigenvalue weighted by Crippen LogP contribution is 2.34. The maximum atomic E-state index is 12.1. The van der Waals surface area contributed by atoms with E-state index in [1.54, 1.807) is 0 Å². The van der Waals surface area contributed by atoms with E-state index in [1.807, 2.05) is 20.8 Å². The zero-order valence-electron chi connectivity index (χ0n) is 11.7. The van der Waals surface area contributed by atoms with Crippen molar-refractivity contribution in [1.82, 2.24) is 4.90 Å². The van der Waals surface area contributed by atoms with Crippen LogP contribution >= 0.6 is 0 Å². The van der Waals surface area contributed by atoms with Crippen LogP contribution in [0.2, 0.25) is 0 Å². The number of fused-ring (bicyclic) bond motifs is 1. The molecule has 2 amide bonds. The number of amides is 2. The van der Waals surface area contributed by atoms with Crippen LogP contribution < -0.4 is 0 Å². The molecule has 2 aliphatic rings. The zero-order chi connectivity index (χ0) is 14.2. The molecule has 2 aliphatic heterocycles. The van der Waals surface area contributed by atoms with Crippen LogP contribution in [-0.4, -0.2) is 34.8 Å². The van der Waals surface area contributed by atoms with Gasteiger partial charge < -0.3 is 4.74 Å². The van der Waals surface area contributed by atoms with Gasteiger partial charge in [0.1, 0.15) is 12.0 Å². The van der Waals surface area contributed by atoms with Crippen molar-refractivity contribution in [2.75, 3.05) is 0 Å². The first-order chi connectivity index (χ1) is 8.95. The predicted octanol–water partition coefficient (Wildman–Crippen LogP) is 1.50. The molecule has 0 aromatic carbocycles. The minimum Gasteiger partial charge on any atom is -0.462 e. The normalized spacial score (nSPS) is 27.9. The van der Waals surface area contributed by atoms with Gasteiger partial charge in [-0.1, -0.05) is 20.8 Å². The van der Waals surface area contributed by atoms with Gasteiger partial charge in [0.15, 0.2) is 0 Å². The largest absolute Gasteiger partial charge is 0.462 e. The molecule has 3 unspecified atom stereocenters. The molecule has 0 radical (unpaired) electrons. The van der Waals surface area contributed by atoms with Crippen molar-refractivity contribution in [3.05, 3.63) is 0 Å². The van der Waals surface area contributed by atoms with Gasteiger partial charge in [-0.15, -0.1) is 0 Å². The number of hydrogen-bond donors (Lipinski definition) is 0. The lowest BCUT2D eigenvalue weighted by Gasteiger charge is -2.21. The van der Waals surface area contributed by atoms with Gasteiger partial charge in [0.25, 0.3) is 0 Å². The highest BCUT2D eigenvalue weighted by atomic mass is 16.5. The number of imide groups is 1. The molecule has 2 heterocycles. The Morgan fingerprint density at radius 2 is 2.11 bits per heavy atom. The van der Waals surface area contributed by atoms with Crippen LogP contribution in [0, 0.1) is 11.8 Å². The molecule has 3 atom stereocenters. The third-order valence-corrected chi connectivity index (χ3v) is 4.07. The van der Waals surface area contributed by atoms with Gasteiger partial charge in [0.2, 0.25) is 11.8 Å². The quantitative estimate of drug-likeness (QED) is 0.440. The predicted molar refractivity (Wildman–Crippen MR) is 68.0 cm³/mol. The van der Waals surface area contributed by atoms with Gasteiger partial charge >= 0.3 is 5.97 Å². The summed E-state index contributed by atoms with van der Waals surface area (Å²) in [5, 5.41) is 0. The van der Waals surface area contributed by atoms with Crippen molar-refractivity contribution < 1.29 is 19.1 Å². The fourth-order valence-electron chi connectivity index (χ4n) is 2.93. The second-order valence-corrected chi connectivity index (χ2v) is 5.71. The number of carbonyl (C=O) groups excluding carboxylic acids is 3. The Bertz CT molecular complexity index is 404. The summed E-state index contributed by atoms with van der Waals surface area (Å²) >= 11 is 0. The van der Waals surface area contributed by atoms with E-state index in [1.165, 1.54) is 4.90 Å². The average Bonchev–Trinajstić information content (AvgIpc) is 2.87. The molecular weight excluding hydrogens is 246 g/mol. The summed E-state index contributed by atoms with van der Waals surface area (Å²) in [4.78, 5) is 37.0. The Labute approximate surface area is 113 Å². The fourth-order valence-corrected chi connectivity index (χ4v) is 2.93. The molecule has 106 valence electrons. The highest BCUT2D eigenvalue weighted by Gasteiger charge is 2.50. The van der Waals surface area contributed by atoms with Gasteiger partial charge in [-0.2, -0.15) is 0 Å². The van der Waals surface area contributed by atoms with Crippen molar-refractivity contribution in [1.29, 1.82) is 0 Å². The monoisotopic (exact) mass is 267 g/mol. The first-order valence-electron chi connectivity index (χ1n) is 7.02. The molecule has 0 aromatic rings. The summed E-state index contributed by atoms with van der Waals surface area (Å²) in [5.41, 5.74) is 0.